The maximum atomic E-state index is 14.2. The second kappa shape index (κ2) is 12.1. The van der Waals surface area contributed by atoms with Crippen LogP contribution in [0, 0.1) is 5.41 Å². The first kappa shape index (κ1) is 31.9. The number of aliphatic carboxylic acids is 1. The number of carboxylic acid groups (broad SMARTS) is 1. The summed E-state index contributed by atoms with van der Waals surface area (Å²) in [5.74, 6) is -0.734. The van der Waals surface area contributed by atoms with Crippen molar-refractivity contribution >= 4 is 61.2 Å². The van der Waals surface area contributed by atoms with Crippen LogP contribution in [0.4, 0.5) is 0 Å². The van der Waals surface area contributed by atoms with E-state index in [2.05, 4.69) is 0 Å². The lowest BCUT2D eigenvalue weighted by Gasteiger charge is -2.24. The average molecular weight is 651 g/mol. The normalized spacial score (nSPS) is 12.6. The Bertz CT molecular complexity index is 1960. The van der Waals surface area contributed by atoms with Crippen molar-refractivity contribution in [2.75, 3.05) is 0 Å². The molecule has 0 aliphatic rings. The number of carboxylic acids is 1. The molecular formula is C34H35ClN2O5S2. The summed E-state index contributed by atoms with van der Waals surface area (Å²) in [6.07, 6.45) is 0.00642. The fourth-order valence-corrected chi connectivity index (χ4v) is 7.99. The molecule has 0 saturated carbocycles. The maximum Gasteiger partial charge on any atom is 0.309 e. The van der Waals surface area contributed by atoms with E-state index in [1.807, 2.05) is 63.2 Å². The van der Waals surface area contributed by atoms with E-state index >= 15 is 0 Å². The number of halogens is 1. The lowest BCUT2D eigenvalue weighted by Crippen LogP contribution is -2.29. The van der Waals surface area contributed by atoms with E-state index < -0.39 is 21.4 Å². The molecule has 0 aliphatic carbocycles. The molecule has 0 unspecified atom stereocenters. The van der Waals surface area contributed by atoms with Crippen molar-refractivity contribution < 1.29 is 23.1 Å². The lowest BCUT2D eigenvalue weighted by atomic mass is 9.88. The number of fused-ring (bicyclic) bond motifs is 2. The molecule has 0 radical (unpaired) electrons. The van der Waals surface area contributed by atoms with Gasteiger partial charge in [-0.1, -0.05) is 68.8 Å². The van der Waals surface area contributed by atoms with Gasteiger partial charge < -0.3 is 9.84 Å². The zero-order valence-electron chi connectivity index (χ0n) is 25.3. The van der Waals surface area contributed by atoms with Crippen LogP contribution in [-0.2, 0) is 33.6 Å². The molecule has 0 saturated heterocycles. The summed E-state index contributed by atoms with van der Waals surface area (Å²) in [5, 5.41) is 12.3. The largest absolute Gasteiger partial charge is 0.487 e. The summed E-state index contributed by atoms with van der Waals surface area (Å²) in [6.45, 7) is 9.58. The zero-order valence-corrected chi connectivity index (χ0v) is 27.7. The predicted octanol–water partition coefficient (Wildman–Crippen LogP) is 8.34. The number of benzene rings is 3. The van der Waals surface area contributed by atoms with Gasteiger partial charge in [0.2, 0.25) is 10.0 Å². The number of pyridine rings is 1. The van der Waals surface area contributed by atoms with E-state index in [4.69, 9.17) is 21.3 Å². The standard InChI is InChI=1S/C34H35ClN2O5S2/c1-33(2,3)43-31-27-18-26(42-20-25-15-12-23-8-6-7-9-28(23)36-25)16-17-29(27)37(30(31)19-34(4,5)32(38)39)44(40,41)21-22-10-13-24(35)14-11-22/h6-18H,19-21H2,1-5H3,(H,38,39). The molecule has 0 atom stereocenters. The quantitative estimate of drug-likeness (QED) is 0.152. The maximum absolute atomic E-state index is 14.2. The van der Waals surface area contributed by atoms with Gasteiger partial charge in [0, 0.05) is 37.6 Å². The molecule has 7 nitrogen and oxygen atoms in total. The second-order valence-corrected chi connectivity index (χ2v) is 16.6. The van der Waals surface area contributed by atoms with Gasteiger partial charge in [-0.3, -0.25) is 4.79 Å². The predicted molar refractivity (Wildman–Crippen MR) is 178 cm³/mol. The number of ether oxygens (including phenoxy) is 1. The first-order valence-electron chi connectivity index (χ1n) is 14.2. The number of nitrogens with zero attached hydrogens (tertiary/aromatic N) is 2. The molecule has 230 valence electrons. The highest BCUT2D eigenvalue weighted by molar-refractivity contribution is 8.01. The Morgan fingerprint density at radius 3 is 2.36 bits per heavy atom. The van der Waals surface area contributed by atoms with Gasteiger partial charge in [-0.2, -0.15) is 0 Å². The Kier molecular flexibility index (Phi) is 8.77. The SMILES string of the molecule is CC(C)(C)Sc1c(CC(C)(C)C(=O)O)n(S(=O)(=O)Cc2ccc(Cl)cc2)c2ccc(OCc3ccc4ccccc4n3)cc12. The molecule has 3 aromatic carbocycles. The van der Waals surface area contributed by atoms with E-state index in [0.29, 0.717) is 32.9 Å². The summed E-state index contributed by atoms with van der Waals surface area (Å²) >= 11 is 7.56. The van der Waals surface area contributed by atoms with E-state index in [-0.39, 0.29) is 23.5 Å². The monoisotopic (exact) mass is 650 g/mol. The molecule has 1 N–H and O–H groups in total. The summed E-state index contributed by atoms with van der Waals surface area (Å²) < 4.78 is 35.6. The molecule has 2 heterocycles. The third kappa shape index (κ3) is 7.06. The van der Waals surface area contributed by atoms with Gasteiger partial charge in [-0.25, -0.2) is 17.4 Å². The molecule has 5 aromatic rings. The van der Waals surface area contributed by atoms with Crippen molar-refractivity contribution in [2.24, 2.45) is 5.41 Å². The Balaban J connectivity index is 1.63. The average Bonchev–Trinajstić information content (AvgIpc) is 3.23. The van der Waals surface area contributed by atoms with Crippen LogP contribution in [0.15, 0.2) is 83.8 Å². The van der Waals surface area contributed by atoms with Gasteiger partial charge >= 0.3 is 5.97 Å². The van der Waals surface area contributed by atoms with Gasteiger partial charge in [-0.05, 0) is 61.9 Å². The Morgan fingerprint density at radius 2 is 1.68 bits per heavy atom. The van der Waals surface area contributed by atoms with Crippen molar-refractivity contribution in [3.8, 4) is 5.75 Å². The van der Waals surface area contributed by atoms with Crippen molar-refractivity contribution in [2.45, 2.75) is 63.0 Å². The second-order valence-electron chi connectivity index (χ2n) is 12.5. The van der Waals surface area contributed by atoms with Crippen LogP contribution in [-0.4, -0.2) is 33.2 Å². The number of rotatable bonds is 10. The van der Waals surface area contributed by atoms with Crippen LogP contribution in [0.5, 0.6) is 5.75 Å². The van der Waals surface area contributed by atoms with E-state index in [1.165, 1.54) is 15.7 Å². The Hall–Kier alpha value is -3.53. The molecule has 0 amide bonds. The first-order chi connectivity index (χ1) is 20.6. The van der Waals surface area contributed by atoms with Crippen LogP contribution in [0.3, 0.4) is 0 Å². The highest BCUT2D eigenvalue weighted by atomic mass is 35.5. The summed E-state index contributed by atoms with van der Waals surface area (Å²) in [6, 6.07) is 23.8. The minimum atomic E-state index is -3.99. The molecule has 10 heteroatoms. The fraction of sp³-hybridized carbons (Fsp3) is 0.294. The van der Waals surface area contributed by atoms with Gasteiger partial charge in [0.1, 0.15) is 12.4 Å². The van der Waals surface area contributed by atoms with Gasteiger partial charge in [0.05, 0.1) is 27.9 Å². The van der Waals surface area contributed by atoms with Crippen LogP contribution in [0.2, 0.25) is 5.02 Å². The molecule has 0 spiro atoms. The zero-order chi connectivity index (χ0) is 31.9. The van der Waals surface area contributed by atoms with E-state index in [1.54, 1.807) is 50.2 Å². The number of hydrogen-bond donors (Lipinski definition) is 1. The fourth-order valence-electron chi connectivity index (χ4n) is 4.94. The summed E-state index contributed by atoms with van der Waals surface area (Å²) in [4.78, 5) is 17.7. The minimum Gasteiger partial charge on any atom is -0.487 e. The molecule has 0 bridgehead atoms. The van der Waals surface area contributed by atoms with Gasteiger partial charge in [-0.15, -0.1) is 11.8 Å². The van der Waals surface area contributed by atoms with Crippen LogP contribution < -0.4 is 4.74 Å². The third-order valence-corrected chi connectivity index (χ3v) is 10.3. The molecule has 5 rings (SSSR count). The number of hydrogen-bond acceptors (Lipinski definition) is 6. The topological polar surface area (TPSA) is 98.5 Å². The van der Waals surface area contributed by atoms with Gasteiger partial charge in [0.15, 0.2) is 0 Å². The van der Waals surface area contributed by atoms with Crippen molar-refractivity contribution in [3.05, 3.63) is 101 Å². The van der Waals surface area contributed by atoms with E-state index in [9.17, 15) is 18.3 Å². The molecular weight excluding hydrogens is 616 g/mol. The van der Waals surface area contributed by atoms with Crippen molar-refractivity contribution in [3.63, 3.8) is 0 Å². The molecule has 0 fully saturated rings. The number of carbonyl (C=O) groups is 1. The van der Waals surface area contributed by atoms with E-state index in [0.717, 1.165) is 21.5 Å². The molecule has 2 aromatic heterocycles. The van der Waals surface area contributed by atoms with Gasteiger partial charge in [0.25, 0.3) is 0 Å². The summed E-state index contributed by atoms with van der Waals surface area (Å²) in [7, 11) is -3.99. The highest BCUT2D eigenvalue weighted by Gasteiger charge is 2.35. The highest BCUT2D eigenvalue weighted by Crippen LogP contribution is 2.45. The van der Waals surface area contributed by atoms with Crippen LogP contribution in [0.1, 0.15) is 51.6 Å². The Labute approximate surface area is 267 Å². The van der Waals surface area contributed by atoms with Crippen molar-refractivity contribution in [1.29, 1.82) is 0 Å². The van der Waals surface area contributed by atoms with Crippen LogP contribution >= 0.6 is 23.4 Å². The molecule has 0 aliphatic heterocycles. The summed E-state index contributed by atoms with van der Waals surface area (Å²) in [5.41, 5.74) is 1.90. The number of para-hydroxylation sites is 1. The number of aromatic nitrogens is 2. The lowest BCUT2D eigenvalue weighted by molar-refractivity contribution is -0.146. The van der Waals surface area contributed by atoms with Crippen molar-refractivity contribution in [1.82, 2.24) is 8.96 Å². The minimum absolute atomic E-state index is 0.00642. The third-order valence-electron chi connectivity index (χ3n) is 7.12. The van der Waals surface area contributed by atoms with Crippen LogP contribution in [0.25, 0.3) is 21.8 Å². The number of thioether (sulfide) groups is 1. The Morgan fingerprint density at radius 1 is 0.977 bits per heavy atom. The molecule has 44 heavy (non-hydrogen) atoms. The smallest absolute Gasteiger partial charge is 0.309 e. The first-order valence-corrected chi connectivity index (χ1v) is 17.0.